The molecule has 1 rings (SSSR count). The fraction of sp³-hybridized carbons (Fsp3) is 0.818. The standard InChI is InChI=1S/C11H21N/c1-2-3-4-5-6-9-12-10-7-8-11-12/h6,9H,2-5,7-8,10-11H2,1H3/b9-6+. The maximum atomic E-state index is 2.44. The second kappa shape index (κ2) is 6.10. The zero-order chi connectivity index (χ0) is 8.65. The molecule has 0 amide bonds. The van der Waals surface area contributed by atoms with Gasteiger partial charge in [0.2, 0.25) is 0 Å². The summed E-state index contributed by atoms with van der Waals surface area (Å²) in [5.41, 5.74) is 0. The van der Waals surface area contributed by atoms with Gasteiger partial charge in [-0.1, -0.05) is 25.8 Å². The lowest BCUT2D eigenvalue weighted by molar-refractivity contribution is 0.465. The Balaban J connectivity index is 1.97. The Labute approximate surface area is 76.5 Å². The third kappa shape index (κ3) is 3.80. The predicted molar refractivity (Wildman–Crippen MR) is 54.1 cm³/mol. The summed E-state index contributed by atoms with van der Waals surface area (Å²) in [6.07, 6.45) is 12.7. The first-order valence-corrected chi connectivity index (χ1v) is 5.34. The lowest BCUT2D eigenvalue weighted by Gasteiger charge is -2.09. The molecule has 0 unspecified atom stereocenters. The zero-order valence-electron chi connectivity index (χ0n) is 8.26. The maximum Gasteiger partial charge on any atom is 0.0173 e. The largest absolute Gasteiger partial charge is 0.378 e. The normalized spacial score (nSPS) is 17.9. The van der Waals surface area contributed by atoms with Gasteiger partial charge in [-0.2, -0.15) is 0 Å². The molecule has 0 spiro atoms. The first-order valence-electron chi connectivity index (χ1n) is 5.34. The number of hydrogen-bond donors (Lipinski definition) is 0. The van der Waals surface area contributed by atoms with Crippen LogP contribution in [0.5, 0.6) is 0 Å². The lowest BCUT2D eigenvalue weighted by Crippen LogP contribution is -2.09. The first kappa shape index (κ1) is 9.63. The minimum absolute atomic E-state index is 1.27. The van der Waals surface area contributed by atoms with E-state index >= 15 is 0 Å². The van der Waals surface area contributed by atoms with Crippen LogP contribution in [0.2, 0.25) is 0 Å². The molecule has 1 aliphatic rings. The summed E-state index contributed by atoms with van der Waals surface area (Å²) in [7, 11) is 0. The van der Waals surface area contributed by atoms with Crippen molar-refractivity contribution in [1.29, 1.82) is 0 Å². The van der Waals surface area contributed by atoms with Crippen molar-refractivity contribution >= 4 is 0 Å². The molecule has 1 heteroatoms. The Morgan fingerprint density at radius 2 is 1.92 bits per heavy atom. The molecule has 70 valence electrons. The van der Waals surface area contributed by atoms with Crippen LogP contribution in [0.1, 0.15) is 45.4 Å². The van der Waals surface area contributed by atoms with Crippen LogP contribution in [0.15, 0.2) is 12.3 Å². The van der Waals surface area contributed by atoms with E-state index in [2.05, 4.69) is 24.1 Å². The topological polar surface area (TPSA) is 3.24 Å². The summed E-state index contributed by atoms with van der Waals surface area (Å²) in [5, 5.41) is 0. The minimum atomic E-state index is 1.27. The molecule has 0 aliphatic carbocycles. The Bertz CT molecular complexity index is 123. The van der Waals surface area contributed by atoms with Crippen molar-refractivity contribution in [3.63, 3.8) is 0 Å². The van der Waals surface area contributed by atoms with Crippen molar-refractivity contribution in [2.45, 2.75) is 45.4 Å². The highest BCUT2D eigenvalue weighted by Gasteiger charge is 2.05. The van der Waals surface area contributed by atoms with Gasteiger partial charge in [-0.05, 0) is 31.9 Å². The number of nitrogens with zero attached hydrogens (tertiary/aromatic N) is 1. The molecule has 0 N–H and O–H groups in total. The van der Waals surface area contributed by atoms with Gasteiger partial charge in [-0.25, -0.2) is 0 Å². The quantitative estimate of drug-likeness (QED) is 0.568. The van der Waals surface area contributed by atoms with E-state index in [-0.39, 0.29) is 0 Å². The van der Waals surface area contributed by atoms with Gasteiger partial charge in [-0.3, -0.25) is 0 Å². The highest BCUT2D eigenvalue weighted by Crippen LogP contribution is 2.08. The molecule has 0 aromatic carbocycles. The van der Waals surface area contributed by atoms with Crippen molar-refractivity contribution in [2.24, 2.45) is 0 Å². The lowest BCUT2D eigenvalue weighted by atomic mass is 10.2. The molecule has 1 heterocycles. The van der Waals surface area contributed by atoms with Crippen molar-refractivity contribution < 1.29 is 0 Å². The van der Waals surface area contributed by atoms with Crippen LogP contribution < -0.4 is 0 Å². The fourth-order valence-corrected chi connectivity index (χ4v) is 1.63. The van der Waals surface area contributed by atoms with Crippen LogP contribution in [0.25, 0.3) is 0 Å². The molecule has 12 heavy (non-hydrogen) atoms. The van der Waals surface area contributed by atoms with Gasteiger partial charge in [0, 0.05) is 13.1 Å². The molecule has 1 nitrogen and oxygen atoms in total. The summed E-state index contributed by atoms with van der Waals surface area (Å²) in [4.78, 5) is 2.44. The summed E-state index contributed by atoms with van der Waals surface area (Å²) >= 11 is 0. The average molecular weight is 167 g/mol. The van der Waals surface area contributed by atoms with Gasteiger partial charge in [0.05, 0.1) is 0 Å². The summed E-state index contributed by atoms with van der Waals surface area (Å²) in [6, 6.07) is 0. The van der Waals surface area contributed by atoms with Crippen LogP contribution in [0.3, 0.4) is 0 Å². The van der Waals surface area contributed by atoms with Crippen LogP contribution in [0.4, 0.5) is 0 Å². The SMILES string of the molecule is CCCCC/C=C/N1CCCC1. The summed E-state index contributed by atoms with van der Waals surface area (Å²) in [5.74, 6) is 0. The molecule has 0 atom stereocenters. The van der Waals surface area contributed by atoms with E-state index in [4.69, 9.17) is 0 Å². The van der Waals surface area contributed by atoms with Crippen molar-refractivity contribution in [3.05, 3.63) is 12.3 Å². The zero-order valence-corrected chi connectivity index (χ0v) is 8.26. The van der Waals surface area contributed by atoms with Gasteiger partial charge in [-0.15, -0.1) is 0 Å². The van der Waals surface area contributed by atoms with Gasteiger partial charge in [0.25, 0.3) is 0 Å². The average Bonchev–Trinajstić information content (AvgIpc) is 2.57. The molecule has 1 fully saturated rings. The summed E-state index contributed by atoms with van der Waals surface area (Å²) in [6.45, 7) is 4.82. The molecule has 0 bridgehead atoms. The minimum Gasteiger partial charge on any atom is -0.378 e. The number of likely N-dealkylation sites (tertiary alicyclic amines) is 1. The van der Waals surface area contributed by atoms with E-state index in [0.29, 0.717) is 0 Å². The molecule has 0 saturated carbocycles. The molecule has 1 saturated heterocycles. The summed E-state index contributed by atoms with van der Waals surface area (Å²) < 4.78 is 0. The maximum absolute atomic E-state index is 2.44. The molecule has 0 aromatic heterocycles. The molecule has 0 radical (unpaired) electrons. The first-order chi connectivity index (χ1) is 5.93. The Hall–Kier alpha value is -0.460. The van der Waals surface area contributed by atoms with Gasteiger partial charge >= 0.3 is 0 Å². The highest BCUT2D eigenvalue weighted by atomic mass is 15.1. The number of rotatable bonds is 5. The van der Waals surface area contributed by atoms with E-state index in [0.717, 1.165) is 0 Å². The van der Waals surface area contributed by atoms with Crippen LogP contribution in [-0.4, -0.2) is 18.0 Å². The second-order valence-electron chi connectivity index (χ2n) is 3.62. The van der Waals surface area contributed by atoms with E-state index < -0.39 is 0 Å². The highest BCUT2D eigenvalue weighted by molar-refractivity contribution is 4.84. The molecular formula is C11H21N. The van der Waals surface area contributed by atoms with Crippen LogP contribution >= 0.6 is 0 Å². The van der Waals surface area contributed by atoms with Crippen LogP contribution in [0, 0.1) is 0 Å². The van der Waals surface area contributed by atoms with E-state index in [1.54, 1.807) is 0 Å². The van der Waals surface area contributed by atoms with E-state index in [9.17, 15) is 0 Å². The van der Waals surface area contributed by atoms with Gasteiger partial charge in [0.1, 0.15) is 0 Å². The van der Waals surface area contributed by atoms with E-state index in [1.165, 1.54) is 51.6 Å². The number of unbranched alkanes of at least 4 members (excludes halogenated alkanes) is 3. The van der Waals surface area contributed by atoms with Gasteiger partial charge in [0.15, 0.2) is 0 Å². The third-order valence-electron chi connectivity index (χ3n) is 2.43. The smallest absolute Gasteiger partial charge is 0.0173 e. The van der Waals surface area contributed by atoms with Crippen molar-refractivity contribution in [2.75, 3.05) is 13.1 Å². The molecule has 1 aliphatic heterocycles. The number of hydrogen-bond acceptors (Lipinski definition) is 1. The second-order valence-corrected chi connectivity index (χ2v) is 3.62. The fourth-order valence-electron chi connectivity index (χ4n) is 1.63. The van der Waals surface area contributed by atoms with Crippen molar-refractivity contribution in [3.8, 4) is 0 Å². The Morgan fingerprint density at radius 3 is 2.58 bits per heavy atom. The van der Waals surface area contributed by atoms with Crippen LogP contribution in [-0.2, 0) is 0 Å². The molecule has 0 aromatic rings. The Kier molecular flexibility index (Phi) is 4.89. The molecular weight excluding hydrogens is 146 g/mol. The third-order valence-corrected chi connectivity index (χ3v) is 2.43. The van der Waals surface area contributed by atoms with Crippen molar-refractivity contribution in [1.82, 2.24) is 4.90 Å². The number of allylic oxidation sites excluding steroid dienone is 1. The Morgan fingerprint density at radius 1 is 1.17 bits per heavy atom. The van der Waals surface area contributed by atoms with E-state index in [1.807, 2.05) is 0 Å². The predicted octanol–water partition coefficient (Wildman–Crippen LogP) is 3.18. The monoisotopic (exact) mass is 167 g/mol. The van der Waals surface area contributed by atoms with Gasteiger partial charge < -0.3 is 4.90 Å².